The van der Waals surface area contributed by atoms with E-state index in [-0.39, 0.29) is 11.8 Å². The van der Waals surface area contributed by atoms with E-state index in [2.05, 4.69) is 15.6 Å². The third-order valence-corrected chi connectivity index (χ3v) is 3.97. The maximum Gasteiger partial charge on any atom is 0.268 e. The molecule has 0 saturated heterocycles. The normalized spacial score (nSPS) is 10.6. The first-order valence-corrected chi connectivity index (χ1v) is 8.16. The van der Waals surface area contributed by atoms with Crippen LogP contribution in [0.5, 0.6) is 0 Å². The van der Waals surface area contributed by atoms with Gasteiger partial charge < -0.3 is 15.2 Å². The number of fused-ring (bicyclic) bond motifs is 1. The predicted molar refractivity (Wildman–Crippen MR) is 97.3 cm³/mol. The van der Waals surface area contributed by atoms with Crippen LogP contribution >= 0.6 is 0 Å². The van der Waals surface area contributed by atoms with Crippen LogP contribution < -0.4 is 10.6 Å². The Morgan fingerprint density at radius 3 is 2.56 bits per heavy atom. The highest BCUT2D eigenvalue weighted by Gasteiger charge is 2.15. The maximum absolute atomic E-state index is 12.6. The van der Waals surface area contributed by atoms with Gasteiger partial charge in [-0.1, -0.05) is 0 Å². The van der Waals surface area contributed by atoms with Crippen molar-refractivity contribution in [3.8, 4) is 0 Å². The molecule has 6 heteroatoms. The summed E-state index contributed by atoms with van der Waals surface area (Å²) in [5.41, 5.74) is 3.28. The number of anilines is 1. The van der Waals surface area contributed by atoms with E-state index in [9.17, 15) is 9.59 Å². The van der Waals surface area contributed by atoms with Crippen LogP contribution in [0.2, 0.25) is 0 Å². The molecule has 2 amide bonds. The first-order valence-electron chi connectivity index (χ1n) is 8.16. The molecule has 1 aromatic carbocycles. The summed E-state index contributed by atoms with van der Waals surface area (Å²) in [5.74, 6) is -0.250. The molecule has 2 aromatic heterocycles. The molecule has 25 heavy (non-hydrogen) atoms. The number of aryl methyl sites for hydroxylation is 1. The van der Waals surface area contributed by atoms with Gasteiger partial charge in [0, 0.05) is 49.0 Å². The van der Waals surface area contributed by atoms with Gasteiger partial charge in [0.05, 0.1) is 0 Å². The van der Waals surface area contributed by atoms with Crippen LogP contribution in [0.15, 0.2) is 48.8 Å². The standard InChI is InChI=1S/C19H20N4O2/c1-3-23-17-5-4-16(22-13(2)24)10-15(17)11-18(23)19(25)21-12-14-6-8-20-9-7-14/h4-11H,3,12H2,1-2H3,(H,21,25)(H,22,24). The molecule has 0 fully saturated rings. The molecule has 0 spiro atoms. The third kappa shape index (κ3) is 3.68. The summed E-state index contributed by atoms with van der Waals surface area (Å²) in [6, 6.07) is 11.2. The van der Waals surface area contributed by atoms with E-state index in [1.54, 1.807) is 12.4 Å². The minimum Gasteiger partial charge on any atom is -0.347 e. The molecule has 0 aliphatic heterocycles. The van der Waals surface area contributed by atoms with Gasteiger partial charge in [-0.25, -0.2) is 0 Å². The Hall–Kier alpha value is -3.15. The lowest BCUT2D eigenvalue weighted by molar-refractivity contribution is -0.114. The van der Waals surface area contributed by atoms with Gasteiger partial charge in [-0.2, -0.15) is 0 Å². The Morgan fingerprint density at radius 1 is 1.12 bits per heavy atom. The Bertz CT molecular complexity index is 916. The van der Waals surface area contributed by atoms with E-state index in [0.717, 1.165) is 22.2 Å². The molecule has 2 N–H and O–H groups in total. The fourth-order valence-electron chi connectivity index (χ4n) is 2.85. The van der Waals surface area contributed by atoms with Gasteiger partial charge in [0.1, 0.15) is 5.69 Å². The summed E-state index contributed by atoms with van der Waals surface area (Å²) < 4.78 is 1.97. The zero-order chi connectivity index (χ0) is 17.8. The van der Waals surface area contributed by atoms with Gasteiger partial charge >= 0.3 is 0 Å². The van der Waals surface area contributed by atoms with Crippen LogP contribution in [0.1, 0.15) is 29.9 Å². The quantitative estimate of drug-likeness (QED) is 0.752. The topological polar surface area (TPSA) is 76.0 Å². The highest BCUT2D eigenvalue weighted by molar-refractivity contribution is 6.00. The first kappa shape index (κ1) is 16.7. The van der Waals surface area contributed by atoms with Crippen LogP contribution in [0.3, 0.4) is 0 Å². The zero-order valence-electron chi connectivity index (χ0n) is 14.2. The predicted octanol–water partition coefficient (Wildman–Crippen LogP) is 2.94. The number of carbonyl (C=O) groups is 2. The number of carbonyl (C=O) groups excluding carboxylic acids is 2. The number of nitrogens with one attached hydrogen (secondary N) is 2. The van der Waals surface area contributed by atoms with E-state index in [1.807, 2.05) is 47.9 Å². The van der Waals surface area contributed by atoms with Gasteiger partial charge in [-0.3, -0.25) is 14.6 Å². The van der Waals surface area contributed by atoms with Crippen molar-refractivity contribution in [2.24, 2.45) is 0 Å². The Morgan fingerprint density at radius 2 is 1.88 bits per heavy atom. The molecular weight excluding hydrogens is 316 g/mol. The summed E-state index contributed by atoms with van der Waals surface area (Å²) in [5, 5.41) is 6.62. The highest BCUT2D eigenvalue weighted by Crippen LogP contribution is 2.24. The largest absolute Gasteiger partial charge is 0.347 e. The number of benzene rings is 1. The Labute approximate surface area is 145 Å². The van der Waals surface area contributed by atoms with Crippen molar-refractivity contribution >= 4 is 28.4 Å². The van der Waals surface area contributed by atoms with Crippen LogP contribution in [-0.2, 0) is 17.9 Å². The molecule has 0 saturated carbocycles. The van der Waals surface area contributed by atoms with Crippen molar-refractivity contribution in [1.82, 2.24) is 14.9 Å². The lowest BCUT2D eigenvalue weighted by Crippen LogP contribution is -2.25. The van der Waals surface area contributed by atoms with Crippen LogP contribution in [0, 0.1) is 0 Å². The van der Waals surface area contributed by atoms with Crippen molar-refractivity contribution in [3.05, 3.63) is 60.0 Å². The Balaban J connectivity index is 1.86. The molecule has 0 radical (unpaired) electrons. The molecule has 6 nitrogen and oxygen atoms in total. The second-order valence-corrected chi connectivity index (χ2v) is 5.77. The number of amides is 2. The van der Waals surface area contributed by atoms with Crippen molar-refractivity contribution in [1.29, 1.82) is 0 Å². The molecule has 3 aromatic rings. The summed E-state index contributed by atoms with van der Waals surface area (Å²) in [4.78, 5) is 27.8. The zero-order valence-corrected chi connectivity index (χ0v) is 14.2. The molecule has 128 valence electrons. The summed E-state index contributed by atoms with van der Waals surface area (Å²) in [6.45, 7) is 4.60. The lowest BCUT2D eigenvalue weighted by Gasteiger charge is -2.09. The highest BCUT2D eigenvalue weighted by atomic mass is 16.2. The average molecular weight is 336 g/mol. The molecule has 0 unspecified atom stereocenters. The summed E-state index contributed by atoms with van der Waals surface area (Å²) >= 11 is 0. The average Bonchev–Trinajstić information content (AvgIpc) is 2.98. The molecule has 3 rings (SSSR count). The SMILES string of the molecule is CCn1c(C(=O)NCc2ccncc2)cc2cc(NC(C)=O)ccc21. The van der Waals surface area contributed by atoms with Crippen LogP contribution in [-0.4, -0.2) is 21.4 Å². The fraction of sp³-hybridized carbons (Fsp3) is 0.211. The number of hydrogen-bond acceptors (Lipinski definition) is 3. The second kappa shape index (κ2) is 7.17. The number of nitrogens with zero attached hydrogens (tertiary/aromatic N) is 2. The van der Waals surface area contributed by atoms with Gasteiger partial charge in [0.2, 0.25) is 5.91 Å². The van der Waals surface area contributed by atoms with E-state index in [1.165, 1.54) is 6.92 Å². The van der Waals surface area contributed by atoms with E-state index < -0.39 is 0 Å². The van der Waals surface area contributed by atoms with Crippen molar-refractivity contribution < 1.29 is 9.59 Å². The summed E-state index contributed by atoms with van der Waals surface area (Å²) in [6.07, 6.45) is 3.40. The van der Waals surface area contributed by atoms with E-state index in [4.69, 9.17) is 0 Å². The van der Waals surface area contributed by atoms with Gasteiger partial charge in [0.25, 0.3) is 5.91 Å². The molecular formula is C19H20N4O2. The van der Waals surface area contributed by atoms with Crippen LogP contribution in [0.25, 0.3) is 10.9 Å². The Kier molecular flexibility index (Phi) is 4.79. The minimum absolute atomic E-state index is 0.121. The van der Waals surface area contributed by atoms with Gasteiger partial charge in [-0.05, 0) is 48.9 Å². The molecule has 0 aliphatic rings. The fourth-order valence-corrected chi connectivity index (χ4v) is 2.85. The number of rotatable bonds is 5. The lowest BCUT2D eigenvalue weighted by atomic mass is 10.2. The second-order valence-electron chi connectivity index (χ2n) is 5.77. The van der Waals surface area contributed by atoms with E-state index in [0.29, 0.717) is 18.8 Å². The molecule has 0 atom stereocenters. The number of hydrogen-bond donors (Lipinski definition) is 2. The summed E-state index contributed by atoms with van der Waals surface area (Å²) in [7, 11) is 0. The van der Waals surface area contributed by atoms with Crippen molar-refractivity contribution in [2.75, 3.05) is 5.32 Å². The smallest absolute Gasteiger partial charge is 0.268 e. The van der Waals surface area contributed by atoms with Gasteiger partial charge in [0.15, 0.2) is 0 Å². The van der Waals surface area contributed by atoms with E-state index >= 15 is 0 Å². The first-order chi connectivity index (χ1) is 12.1. The maximum atomic E-state index is 12.6. The minimum atomic E-state index is -0.129. The monoisotopic (exact) mass is 336 g/mol. The molecule has 2 heterocycles. The molecule has 0 aliphatic carbocycles. The van der Waals surface area contributed by atoms with Crippen LogP contribution in [0.4, 0.5) is 5.69 Å². The third-order valence-electron chi connectivity index (χ3n) is 3.97. The number of aromatic nitrogens is 2. The van der Waals surface area contributed by atoms with Crippen molar-refractivity contribution in [3.63, 3.8) is 0 Å². The molecule has 0 bridgehead atoms. The van der Waals surface area contributed by atoms with Crippen molar-refractivity contribution in [2.45, 2.75) is 26.9 Å². The van der Waals surface area contributed by atoms with Gasteiger partial charge in [-0.15, -0.1) is 0 Å². The number of pyridine rings is 1.